The summed E-state index contributed by atoms with van der Waals surface area (Å²) in [6, 6.07) is 21.1. The molecule has 1 amide bonds. The number of ketones is 1. The zero-order valence-electron chi connectivity index (χ0n) is 17.0. The van der Waals surface area contributed by atoms with E-state index in [9.17, 15) is 24.8 Å². The number of nitrogens with zero attached hydrogens (tertiary/aromatic N) is 2. The van der Waals surface area contributed by atoms with E-state index in [2.05, 4.69) is 0 Å². The van der Waals surface area contributed by atoms with E-state index in [4.69, 9.17) is 4.74 Å². The maximum atomic E-state index is 13.2. The van der Waals surface area contributed by atoms with Crippen LogP contribution in [-0.4, -0.2) is 34.9 Å². The molecule has 1 heterocycles. The minimum absolute atomic E-state index is 0.0590. The second-order valence-corrected chi connectivity index (χ2v) is 7.40. The lowest BCUT2D eigenvalue weighted by Gasteiger charge is -2.23. The average Bonchev–Trinajstić information content (AvgIpc) is 3.01. The van der Waals surface area contributed by atoms with Crippen molar-refractivity contribution in [1.29, 1.82) is 0 Å². The molecule has 8 nitrogen and oxygen atoms in total. The van der Waals surface area contributed by atoms with Crippen molar-refractivity contribution in [3.63, 3.8) is 0 Å². The first kappa shape index (κ1) is 21.2. The highest BCUT2D eigenvalue weighted by Crippen LogP contribution is 2.42. The molecule has 1 atom stereocenters. The van der Waals surface area contributed by atoms with Gasteiger partial charge in [-0.05, 0) is 18.2 Å². The second kappa shape index (κ2) is 8.60. The van der Waals surface area contributed by atoms with Gasteiger partial charge in [0.05, 0.1) is 23.6 Å². The van der Waals surface area contributed by atoms with Crippen LogP contribution >= 0.6 is 0 Å². The molecule has 0 saturated carbocycles. The van der Waals surface area contributed by atoms with E-state index in [0.717, 1.165) is 6.07 Å². The molecular weight excluding hydrogens is 412 g/mol. The van der Waals surface area contributed by atoms with Crippen molar-refractivity contribution in [1.82, 2.24) is 0 Å². The van der Waals surface area contributed by atoms with E-state index in [0.29, 0.717) is 17.0 Å². The molecule has 0 aliphatic carbocycles. The van der Waals surface area contributed by atoms with Crippen LogP contribution in [0.25, 0.3) is 0 Å². The van der Waals surface area contributed by atoms with Crippen molar-refractivity contribution < 1.29 is 24.4 Å². The Morgan fingerprint density at radius 2 is 1.75 bits per heavy atom. The Balaban J connectivity index is 1.55. The van der Waals surface area contributed by atoms with E-state index in [-0.39, 0.29) is 24.4 Å². The zero-order chi connectivity index (χ0) is 22.7. The lowest BCUT2D eigenvalue weighted by Crippen LogP contribution is -2.43. The number of rotatable bonds is 8. The molecule has 0 saturated heterocycles. The Bertz CT molecular complexity index is 1180. The van der Waals surface area contributed by atoms with Crippen molar-refractivity contribution in [3.8, 4) is 5.75 Å². The molecular formula is C24H20N2O6. The number of carbonyl (C=O) groups is 2. The number of Topliss-reactive ketones (excluding diaryl/α,β-unsaturated/α-hetero) is 1. The first-order valence-electron chi connectivity index (χ1n) is 9.99. The molecule has 32 heavy (non-hydrogen) atoms. The van der Waals surface area contributed by atoms with Crippen LogP contribution in [0.4, 0.5) is 11.4 Å². The number of amides is 1. The van der Waals surface area contributed by atoms with Crippen LogP contribution < -0.4 is 9.64 Å². The molecule has 0 fully saturated rings. The van der Waals surface area contributed by atoms with E-state index in [1.54, 1.807) is 36.4 Å². The predicted molar refractivity (Wildman–Crippen MR) is 117 cm³/mol. The molecule has 0 radical (unpaired) electrons. The number of ether oxygens (including phenoxy) is 1. The summed E-state index contributed by atoms with van der Waals surface area (Å²) in [6.45, 7) is 0.372. The van der Waals surface area contributed by atoms with Gasteiger partial charge in [-0.15, -0.1) is 0 Å². The summed E-state index contributed by atoms with van der Waals surface area (Å²) < 4.78 is 5.68. The quantitative estimate of drug-likeness (QED) is 0.332. The maximum Gasteiger partial charge on any atom is 0.270 e. The van der Waals surface area contributed by atoms with E-state index >= 15 is 0 Å². The summed E-state index contributed by atoms with van der Waals surface area (Å²) in [5, 5.41) is 22.3. The summed E-state index contributed by atoms with van der Waals surface area (Å²) >= 11 is 0. The maximum absolute atomic E-state index is 13.2. The Hall–Kier alpha value is -4.04. The van der Waals surface area contributed by atoms with Crippen LogP contribution in [0.5, 0.6) is 5.75 Å². The Morgan fingerprint density at radius 3 is 2.50 bits per heavy atom. The van der Waals surface area contributed by atoms with Gasteiger partial charge in [-0.2, -0.15) is 0 Å². The number of fused-ring (bicyclic) bond motifs is 1. The topological polar surface area (TPSA) is 110 Å². The summed E-state index contributed by atoms with van der Waals surface area (Å²) in [4.78, 5) is 37.9. The number of anilines is 1. The summed E-state index contributed by atoms with van der Waals surface area (Å²) in [5.74, 6) is -0.542. The highest BCUT2D eigenvalue weighted by Gasteiger charge is 2.50. The molecule has 4 rings (SSSR count). The van der Waals surface area contributed by atoms with Gasteiger partial charge < -0.3 is 14.7 Å². The molecule has 3 aromatic carbocycles. The molecule has 0 spiro atoms. The molecule has 1 aliphatic heterocycles. The van der Waals surface area contributed by atoms with Crippen molar-refractivity contribution in [2.24, 2.45) is 0 Å². The number of nitro groups is 1. The standard InChI is InChI=1S/C24H20N2O6/c27-22(17-7-6-8-18(15-17)26(30)31)16-24(29)20-11-4-5-12-21(20)25(23(24)28)13-14-32-19-9-2-1-3-10-19/h1-12,15,29H,13-14,16H2. The number of hydrogen-bond acceptors (Lipinski definition) is 6. The molecule has 0 aromatic heterocycles. The van der Waals surface area contributed by atoms with Gasteiger partial charge in [-0.25, -0.2) is 0 Å². The number of carbonyl (C=O) groups excluding carboxylic acids is 2. The Morgan fingerprint density at radius 1 is 1.03 bits per heavy atom. The number of nitro benzene ring substituents is 1. The third kappa shape index (κ3) is 3.95. The molecule has 8 heteroatoms. The molecule has 1 N–H and O–H groups in total. The third-order valence-electron chi connectivity index (χ3n) is 5.36. The third-order valence-corrected chi connectivity index (χ3v) is 5.36. The minimum Gasteiger partial charge on any atom is -0.492 e. The largest absolute Gasteiger partial charge is 0.492 e. The van der Waals surface area contributed by atoms with Gasteiger partial charge in [0.15, 0.2) is 11.4 Å². The van der Waals surface area contributed by atoms with E-state index < -0.39 is 28.6 Å². The van der Waals surface area contributed by atoms with Gasteiger partial charge in [0.1, 0.15) is 12.4 Å². The van der Waals surface area contributed by atoms with Gasteiger partial charge >= 0.3 is 0 Å². The monoisotopic (exact) mass is 432 g/mol. The van der Waals surface area contributed by atoms with Gasteiger partial charge in [-0.1, -0.05) is 48.5 Å². The van der Waals surface area contributed by atoms with Crippen molar-refractivity contribution in [2.45, 2.75) is 12.0 Å². The van der Waals surface area contributed by atoms with Gasteiger partial charge in [0.2, 0.25) is 0 Å². The number of non-ortho nitro benzene ring substituents is 1. The normalized spacial score (nSPS) is 17.2. The van der Waals surface area contributed by atoms with Crippen LogP contribution in [0, 0.1) is 10.1 Å². The zero-order valence-corrected chi connectivity index (χ0v) is 17.0. The predicted octanol–water partition coefficient (Wildman–Crippen LogP) is 3.48. The lowest BCUT2D eigenvalue weighted by atomic mass is 9.88. The number of hydrogen-bond donors (Lipinski definition) is 1. The van der Waals surface area contributed by atoms with Gasteiger partial charge in [-0.3, -0.25) is 19.7 Å². The highest BCUT2D eigenvalue weighted by atomic mass is 16.6. The van der Waals surface area contributed by atoms with Crippen LogP contribution in [0.1, 0.15) is 22.3 Å². The molecule has 162 valence electrons. The van der Waals surface area contributed by atoms with Crippen LogP contribution in [0.2, 0.25) is 0 Å². The fraction of sp³-hybridized carbons (Fsp3) is 0.167. The van der Waals surface area contributed by atoms with Crippen molar-refractivity contribution in [2.75, 3.05) is 18.1 Å². The van der Waals surface area contributed by atoms with Crippen molar-refractivity contribution >= 4 is 23.1 Å². The minimum atomic E-state index is -2.06. The molecule has 3 aromatic rings. The molecule has 1 aliphatic rings. The van der Waals surface area contributed by atoms with Crippen LogP contribution in [0.15, 0.2) is 78.9 Å². The summed E-state index contributed by atoms with van der Waals surface area (Å²) in [5.41, 5.74) is -1.41. The van der Waals surface area contributed by atoms with Crippen molar-refractivity contribution in [3.05, 3.63) is 100 Å². The fourth-order valence-electron chi connectivity index (χ4n) is 3.80. The van der Waals surface area contributed by atoms with E-state index in [1.165, 1.54) is 23.1 Å². The summed E-state index contributed by atoms with van der Waals surface area (Å²) in [6.07, 6.45) is -0.528. The fourth-order valence-corrected chi connectivity index (χ4v) is 3.80. The second-order valence-electron chi connectivity index (χ2n) is 7.40. The Labute approximate surface area is 183 Å². The highest BCUT2D eigenvalue weighted by molar-refractivity contribution is 6.10. The van der Waals surface area contributed by atoms with E-state index in [1.807, 2.05) is 18.2 Å². The van der Waals surface area contributed by atoms with Gasteiger partial charge in [0.25, 0.3) is 11.6 Å². The molecule has 1 unspecified atom stereocenters. The average molecular weight is 432 g/mol. The summed E-state index contributed by atoms with van der Waals surface area (Å²) in [7, 11) is 0. The first-order chi connectivity index (χ1) is 15.4. The van der Waals surface area contributed by atoms with Crippen LogP contribution in [-0.2, 0) is 10.4 Å². The van der Waals surface area contributed by atoms with Crippen LogP contribution in [0.3, 0.4) is 0 Å². The Kier molecular flexibility index (Phi) is 5.70. The smallest absolute Gasteiger partial charge is 0.270 e. The lowest BCUT2D eigenvalue weighted by molar-refractivity contribution is -0.384. The molecule has 0 bridgehead atoms. The SMILES string of the molecule is O=C(CC1(O)C(=O)N(CCOc2ccccc2)c2ccccc21)c1cccc([N+](=O)[O-])c1. The first-order valence-corrected chi connectivity index (χ1v) is 9.99. The van der Waals surface area contributed by atoms with Gasteiger partial charge in [0, 0.05) is 23.3 Å². The number of benzene rings is 3. The number of aliphatic hydroxyl groups is 1. The number of para-hydroxylation sites is 2.